The second kappa shape index (κ2) is 7.57. The second-order valence-electron chi connectivity index (χ2n) is 6.26. The largest absolute Gasteiger partial charge is 0.379 e. The first-order valence-electron chi connectivity index (χ1n) is 7.42. The molecule has 4 nitrogen and oxygen atoms in total. The Morgan fingerprint density at radius 3 is 2.57 bits per heavy atom. The summed E-state index contributed by atoms with van der Waals surface area (Å²) < 4.78 is 5.47. The molecule has 4 heteroatoms. The van der Waals surface area contributed by atoms with E-state index in [1.807, 2.05) is 18.2 Å². The predicted molar refractivity (Wildman–Crippen MR) is 87.5 cm³/mol. The van der Waals surface area contributed by atoms with Gasteiger partial charge in [-0.05, 0) is 51.8 Å². The third kappa shape index (κ3) is 6.27. The summed E-state index contributed by atoms with van der Waals surface area (Å²) in [6.07, 6.45) is 0.930. The van der Waals surface area contributed by atoms with Crippen LogP contribution in [0.4, 0.5) is 5.69 Å². The van der Waals surface area contributed by atoms with Crippen molar-refractivity contribution in [1.29, 1.82) is 0 Å². The normalized spacial score (nSPS) is 14.6. The molecule has 0 aromatic heterocycles. The Morgan fingerprint density at radius 2 is 2.00 bits per heavy atom. The van der Waals surface area contributed by atoms with Crippen molar-refractivity contribution in [2.75, 3.05) is 12.4 Å². The first-order chi connectivity index (χ1) is 9.73. The Balaban J connectivity index is 2.66. The average Bonchev–Trinajstić information content (AvgIpc) is 2.37. The van der Waals surface area contributed by atoms with Gasteiger partial charge < -0.3 is 15.4 Å². The molecule has 1 amide bonds. The van der Waals surface area contributed by atoms with E-state index in [1.165, 1.54) is 6.92 Å². The molecule has 1 aromatic carbocycles. The molecule has 118 valence electrons. The van der Waals surface area contributed by atoms with Crippen molar-refractivity contribution in [1.82, 2.24) is 5.32 Å². The SMILES string of the molecule is COC(C)(C)CC(C)NC(C)c1cccc(NC(C)=O)c1. The van der Waals surface area contributed by atoms with Gasteiger partial charge >= 0.3 is 0 Å². The van der Waals surface area contributed by atoms with Crippen molar-refractivity contribution in [3.8, 4) is 0 Å². The molecule has 0 heterocycles. The Labute approximate surface area is 128 Å². The van der Waals surface area contributed by atoms with E-state index in [1.54, 1.807) is 7.11 Å². The van der Waals surface area contributed by atoms with E-state index >= 15 is 0 Å². The van der Waals surface area contributed by atoms with Crippen molar-refractivity contribution >= 4 is 11.6 Å². The monoisotopic (exact) mass is 292 g/mol. The third-order valence-electron chi connectivity index (χ3n) is 3.59. The van der Waals surface area contributed by atoms with Crippen LogP contribution in [0, 0.1) is 0 Å². The van der Waals surface area contributed by atoms with Gasteiger partial charge in [0.25, 0.3) is 0 Å². The minimum Gasteiger partial charge on any atom is -0.379 e. The van der Waals surface area contributed by atoms with Crippen molar-refractivity contribution in [3.63, 3.8) is 0 Å². The first kappa shape index (κ1) is 17.7. The van der Waals surface area contributed by atoms with Crippen LogP contribution in [0.3, 0.4) is 0 Å². The maximum Gasteiger partial charge on any atom is 0.221 e. The molecule has 0 bridgehead atoms. The Hall–Kier alpha value is -1.39. The van der Waals surface area contributed by atoms with Gasteiger partial charge in [-0.2, -0.15) is 0 Å². The van der Waals surface area contributed by atoms with E-state index < -0.39 is 0 Å². The lowest BCUT2D eigenvalue weighted by atomic mass is 9.98. The molecular formula is C17H28N2O2. The minimum absolute atomic E-state index is 0.0528. The van der Waals surface area contributed by atoms with Crippen LogP contribution in [-0.4, -0.2) is 24.7 Å². The Bertz CT molecular complexity index is 472. The molecule has 0 aliphatic carbocycles. The van der Waals surface area contributed by atoms with E-state index in [-0.39, 0.29) is 17.6 Å². The zero-order valence-corrected chi connectivity index (χ0v) is 14.0. The summed E-state index contributed by atoms with van der Waals surface area (Å²) in [4.78, 5) is 11.1. The highest BCUT2D eigenvalue weighted by molar-refractivity contribution is 5.88. The standard InChI is InChI=1S/C17H28N2O2/c1-12(11-17(4,5)21-6)18-13(2)15-8-7-9-16(10-15)19-14(3)20/h7-10,12-13,18H,11H2,1-6H3,(H,19,20). The molecule has 21 heavy (non-hydrogen) atoms. The maximum absolute atomic E-state index is 11.1. The van der Waals surface area contributed by atoms with Crippen LogP contribution >= 0.6 is 0 Å². The number of carbonyl (C=O) groups excluding carboxylic acids is 1. The highest BCUT2D eigenvalue weighted by Gasteiger charge is 2.21. The molecule has 1 aromatic rings. The summed E-state index contributed by atoms with van der Waals surface area (Å²) in [6, 6.07) is 8.47. The van der Waals surface area contributed by atoms with Gasteiger partial charge in [0.2, 0.25) is 5.91 Å². The van der Waals surface area contributed by atoms with Crippen LogP contribution in [0.25, 0.3) is 0 Å². The van der Waals surface area contributed by atoms with Crippen LogP contribution in [-0.2, 0) is 9.53 Å². The fourth-order valence-corrected chi connectivity index (χ4v) is 2.49. The van der Waals surface area contributed by atoms with Gasteiger partial charge in [0.1, 0.15) is 0 Å². The number of carbonyl (C=O) groups is 1. The van der Waals surface area contributed by atoms with Crippen LogP contribution in [0.1, 0.15) is 52.6 Å². The Kier molecular flexibility index (Phi) is 6.37. The molecule has 0 fully saturated rings. The number of rotatable bonds is 7. The summed E-state index contributed by atoms with van der Waals surface area (Å²) in [6.45, 7) is 9.99. The van der Waals surface area contributed by atoms with E-state index in [4.69, 9.17) is 4.74 Å². The zero-order chi connectivity index (χ0) is 16.0. The fourth-order valence-electron chi connectivity index (χ4n) is 2.49. The van der Waals surface area contributed by atoms with Crippen molar-refractivity contribution in [3.05, 3.63) is 29.8 Å². The molecule has 2 N–H and O–H groups in total. The third-order valence-corrected chi connectivity index (χ3v) is 3.59. The zero-order valence-electron chi connectivity index (χ0n) is 14.0. The quantitative estimate of drug-likeness (QED) is 0.808. The molecule has 0 radical (unpaired) electrons. The van der Waals surface area contributed by atoms with Crippen molar-refractivity contribution in [2.24, 2.45) is 0 Å². The number of ether oxygens (including phenoxy) is 1. The molecule has 2 atom stereocenters. The average molecular weight is 292 g/mol. The molecule has 0 saturated carbocycles. The fraction of sp³-hybridized carbons (Fsp3) is 0.588. The molecule has 0 spiro atoms. The van der Waals surface area contributed by atoms with Gasteiger partial charge in [-0.1, -0.05) is 12.1 Å². The lowest BCUT2D eigenvalue weighted by molar-refractivity contribution is -0.114. The van der Waals surface area contributed by atoms with Crippen LogP contribution < -0.4 is 10.6 Å². The van der Waals surface area contributed by atoms with Gasteiger partial charge in [-0.3, -0.25) is 4.79 Å². The van der Waals surface area contributed by atoms with Gasteiger partial charge in [0.15, 0.2) is 0 Å². The van der Waals surface area contributed by atoms with E-state index in [0.717, 1.165) is 17.7 Å². The smallest absolute Gasteiger partial charge is 0.221 e. The van der Waals surface area contributed by atoms with Crippen LogP contribution in [0.5, 0.6) is 0 Å². The van der Waals surface area contributed by atoms with E-state index in [9.17, 15) is 4.79 Å². The van der Waals surface area contributed by atoms with Crippen molar-refractivity contribution < 1.29 is 9.53 Å². The van der Waals surface area contributed by atoms with Gasteiger partial charge in [0, 0.05) is 31.8 Å². The number of anilines is 1. The summed E-state index contributed by atoms with van der Waals surface area (Å²) in [7, 11) is 1.74. The molecule has 1 rings (SSSR count). The lowest BCUT2D eigenvalue weighted by Crippen LogP contribution is -2.36. The molecule has 0 saturated heterocycles. The number of nitrogens with one attached hydrogen (secondary N) is 2. The van der Waals surface area contributed by atoms with Crippen LogP contribution in [0.2, 0.25) is 0 Å². The number of amides is 1. The highest BCUT2D eigenvalue weighted by atomic mass is 16.5. The second-order valence-corrected chi connectivity index (χ2v) is 6.26. The maximum atomic E-state index is 11.1. The van der Waals surface area contributed by atoms with Gasteiger partial charge in [-0.15, -0.1) is 0 Å². The van der Waals surface area contributed by atoms with Crippen LogP contribution in [0.15, 0.2) is 24.3 Å². The molecule has 2 unspecified atom stereocenters. The predicted octanol–water partition coefficient (Wildman–Crippen LogP) is 3.50. The number of methoxy groups -OCH3 is 1. The van der Waals surface area contributed by atoms with E-state index in [0.29, 0.717) is 6.04 Å². The molecule has 0 aliphatic rings. The van der Waals surface area contributed by atoms with E-state index in [2.05, 4.69) is 44.4 Å². The minimum atomic E-state index is -0.135. The van der Waals surface area contributed by atoms with Gasteiger partial charge in [-0.25, -0.2) is 0 Å². The first-order valence-corrected chi connectivity index (χ1v) is 7.42. The lowest BCUT2D eigenvalue weighted by Gasteiger charge is -2.29. The Morgan fingerprint density at radius 1 is 1.33 bits per heavy atom. The summed E-state index contributed by atoms with van der Waals surface area (Å²) in [5.41, 5.74) is 1.85. The van der Waals surface area contributed by atoms with Gasteiger partial charge in [0.05, 0.1) is 5.60 Å². The summed E-state index contributed by atoms with van der Waals surface area (Å²) in [5.74, 6) is -0.0528. The van der Waals surface area contributed by atoms with Crippen molar-refractivity contribution in [2.45, 2.75) is 58.7 Å². The summed E-state index contributed by atoms with van der Waals surface area (Å²) >= 11 is 0. The molecule has 0 aliphatic heterocycles. The molecular weight excluding hydrogens is 264 g/mol. The highest BCUT2D eigenvalue weighted by Crippen LogP contribution is 2.21. The topological polar surface area (TPSA) is 50.4 Å². The number of benzene rings is 1. The number of hydrogen-bond donors (Lipinski definition) is 2. The summed E-state index contributed by atoms with van der Waals surface area (Å²) in [5, 5.41) is 6.39. The number of hydrogen-bond acceptors (Lipinski definition) is 3.